The first-order chi connectivity index (χ1) is 11.5. The maximum Gasteiger partial charge on any atom is 0.322 e. The van der Waals surface area contributed by atoms with Crippen molar-refractivity contribution in [3.63, 3.8) is 0 Å². The first-order valence-corrected chi connectivity index (χ1v) is 7.98. The Labute approximate surface area is 143 Å². The summed E-state index contributed by atoms with van der Waals surface area (Å²) < 4.78 is 1.83. The lowest BCUT2D eigenvalue weighted by Gasteiger charge is -2.27. The summed E-state index contributed by atoms with van der Waals surface area (Å²) in [5.41, 5.74) is 2.29. The number of aliphatic carboxylic acids is 1. The molecule has 1 aromatic carbocycles. The average Bonchev–Trinajstić information content (AvgIpc) is 2.95. The summed E-state index contributed by atoms with van der Waals surface area (Å²) >= 11 is 5.92. The third-order valence-corrected chi connectivity index (χ3v) is 4.04. The largest absolute Gasteiger partial charge is 0.481 e. The molecule has 1 aromatic heterocycles. The van der Waals surface area contributed by atoms with Gasteiger partial charge in [0.05, 0.1) is 30.9 Å². The highest BCUT2D eigenvalue weighted by Crippen LogP contribution is 2.18. The van der Waals surface area contributed by atoms with E-state index in [2.05, 4.69) is 10.4 Å². The minimum absolute atomic E-state index is 0.0510. The van der Waals surface area contributed by atoms with E-state index in [9.17, 15) is 9.59 Å². The van der Waals surface area contributed by atoms with Crippen LogP contribution in [0.4, 0.5) is 10.5 Å². The Morgan fingerprint density at radius 2 is 2.12 bits per heavy atom. The summed E-state index contributed by atoms with van der Waals surface area (Å²) in [6.45, 7) is 1.57. The van der Waals surface area contributed by atoms with Crippen LogP contribution in [0.25, 0.3) is 0 Å². The van der Waals surface area contributed by atoms with Crippen LogP contribution in [0.1, 0.15) is 17.8 Å². The molecular formula is C16H17ClN4O3. The van der Waals surface area contributed by atoms with E-state index in [4.69, 9.17) is 16.7 Å². The maximum absolute atomic E-state index is 12.4. The molecule has 0 radical (unpaired) electrons. The Morgan fingerprint density at radius 1 is 1.29 bits per heavy atom. The van der Waals surface area contributed by atoms with E-state index in [0.29, 0.717) is 36.8 Å². The van der Waals surface area contributed by atoms with E-state index in [1.165, 1.54) is 0 Å². The average molecular weight is 349 g/mol. The second kappa shape index (κ2) is 6.92. The maximum atomic E-state index is 12.4. The second-order valence-corrected chi connectivity index (χ2v) is 6.04. The van der Waals surface area contributed by atoms with Crippen molar-refractivity contribution in [2.45, 2.75) is 25.9 Å². The van der Waals surface area contributed by atoms with Gasteiger partial charge in [0.1, 0.15) is 0 Å². The molecule has 1 aliphatic rings. The molecule has 0 unspecified atom stereocenters. The molecule has 126 valence electrons. The summed E-state index contributed by atoms with van der Waals surface area (Å²) in [6.07, 6.45) is 0.444. The number of carbonyl (C=O) groups is 2. The molecule has 2 N–H and O–H groups in total. The summed E-state index contributed by atoms with van der Waals surface area (Å²) in [5, 5.41) is 16.5. The predicted molar refractivity (Wildman–Crippen MR) is 89.1 cm³/mol. The van der Waals surface area contributed by atoms with Gasteiger partial charge in [-0.2, -0.15) is 5.10 Å². The minimum atomic E-state index is -0.844. The van der Waals surface area contributed by atoms with Crippen LogP contribution < -0.4 is 5.32 Å². The number of carbonyl (C=O) groups excluding carboxylic acids is 1. The van der Waals surface area contributed by atoms with Crippen LogP contribution in [-0.2, 0) is 24.3 Å². The van der Waals surface area contributed by atoms with Crippen LogP contribution in [0, 0.1) is 0 Å². The zero-order chi connectivity index (χ0) is 17.1. The van der Waals surface area contributed by atoms with Gasteiger partial charge in [-0.25, -0.2) is 4.79 Å². The van der Waals surface area contributed by atoms with E-state index < -0.39 is 5.97 Å². The van der Waals surface area contributed by atoms with E-state index in [1.807, 2.05) is 10.7 Å². The quantitative estimate of drug-likeness (QED) is 0.889. The molecule has 8 heteroatoms. The Morgan fingerprint density at radius 3 is 2.88 bits per heavy atom. The SMILES string of the molecule is O=C(O)CCc1cc2n(n1)CCN(C(=O)Nc1cccc(Cl)c1)C2. The number of carboxylic acid groups (broad SMARTS) is 1. The Hall–Kier alpha value is -2.54. The molecule has 0 saturated heterocycles. The highest BCUT2D eigenvalue weighted by atomic mass is 35.5. The number of hydrogen-bond acceptors (Lipinski definition) is 3. The number of aromatic nitrogens is 2. The van der Waals surface area contributed by atoms with E-state index >= 15 is 0 Å². The normalized spacial score (nSPS) is 13.5. The number of benzene rings is 1. The molecule has 24 heavy (non-hydrogen) atoms. The smallest absolute Gasteiger partial charge is 0.322 e. The number of fused-ring (bicyclic) bond motifs is 1. The van der Waals surface area contributed by atoms with Crippen molar-refractivity contribution in [2.75, 3.05) is 11.9 Å². The van der Waals surface area contributed by atoms with Gasteiger partial charge >= 0.3 is 12.0 Å². The lowest BCUT2D eigenvalue weighted by Crippen LogP contribution is -2.40. The Balaban J connectivity index is 1.63. The lowest BCUT2D eigenvalue weighted by atomic mass is 10.2. The molecule has 2 aromatic rings. The van der Waals surface area contributed by atoms with E-state index in [1.54, 1.807) is 29.2 Å². The minimum Gasteiger partial charge on any atom is -0.481 e. The molecule has 0 aliphatic carbocycles. The van der Waals surface area contributed by atoms with Crippen molar-refractivity contribution in [1.29, 1.82) is 0 Å². The van der Waals surface area contributed by atoms with Crippen molar-refractivity contribution in [3.05, 3.63) is 46.7 Å². The molecule has 0 spiro atoms. The molecular weight excluding hydrogens is 332 g/mol. The molecule has 0 saturated carbocycles. The van der Waals surface area contributed by atoms with Gasteiger partial charge in [-0.3, -0.25) is 9.48 Å². The highest BCUT2D eigenvalue weighted by Gasteiger charge is 2.22. The first-order valence-electron chi connectivity index (χ1n) is 7.60. The monoisotopic (exact) mass is 348 g/mol. The second-order valence-electron chi connectivity index (χ2n) is 5.61. The van der Waals surface area contributed by atoms with Gasteiger partial charge in [0.15, 0.2) is 0 Å². The molecule has 0 fully saturated rings. The Kier molecular flexibility index (Phi) is 4.71. The van der Waals surface area contributed by atoms with Gasteiger partial charge in [0.25, 0.3) is 0 Å². The molecule has 3 rings (SSSR count). The van der Waals surface area contributed by atoms with Gasteiger partial charge in [-0.1, -0.05) is 17.7 Å². The van der Waals surface area contributed by atoms with Crippen molar-refractivity contribution in [1.82, 2.24) is 14.7 Å². The van der Waals surface area contributed by atoms with E-state index in [0.717, 1.165) is 11.4 Å². The van der Waals surface area contributed by atoms with Crippen molar-refractivity contribution in [2.24, 2.45) is 0 Å². The number of aryl methyl sites for hydroxylation is 1. The standard InChI is InChI=1S/C16H17ClN4O3/c17-11-2-1-3-12(8-11)18-16(24)20-6-7-21-14(10-20)9-13(19-21)4-5-15(22)23/h1-3,8-9H,4-7,10H2,(H,18,24)(H,22,23). The fourth-order valence-corrected chi connectivity index (χ4v) is 2.82. The molecule has 2 amide bonds. The molecule has 2 heterocycles. The number of anilines is 1. The number of nitrogens with one attached hydrogen (secondary N) is 1. The van der Waals surface area contributed by atoms with Crippen molar-refractivity contribution >= 4 is 29.3 Å². The summed E-state index contributed by atoms with van der Waals surface area (Å²) in [5.74, 6) is -0.844. The van der Waals surface area contributed by atoms with Gasteiger partial charge in [0, 0.05) is 23.7 Å². The van der Waals surface area contributed by atoms with E-state index in [-0.39, 0.29) is 12.5 Å². The first kappa shape index (κ1) is 16.3. The van der Waals surface area contributed by atoms with Crippen LogP contribution in [0.3, 0.4) is 0 Å². The van der Waals surface area contributed by atoms with Gasteiger partial charge < -0.3 is 15.3 Å². The summed E-state index contributed by atoms with van der Waals surface area (Å²) in [7, 11) is 0. The predicted octanol–water partition coefficient (Wildman–Crippen LogP) is 2.60. The van der Waals surface area contributed by atoms with Crippen molar-refractivity contribution < 1.29 is 14.7 Å². The van der Waals surface area contributed by atoms with Gasteiger partial charge in [-0.05, 0) is 24.3 Å². The molecule has 0 atom stereocenters. The fraction of sp³-hybridized carbons (Fsp3) is 0.312. The highest BCUT2D eigenvalue weighted by molar-refractivity contribution is 6.30. The number of nitrogens with zero attached hydrogens (tertiary/aromatic N) is 3. The fourth-order valence-electron chi connectivity index (χ4n) is 2.63. The van der Waals surface area contributed by atoms with Crippen LogP contribution in [0.5, 0.6) is 0 Å². The number of carboxylic acids is 1. The number of halogens is 1. The summed E-state index contributed by atoms with van der Waals surface area (Å²) in [6, 6.07) is 8.66. The topological polar surface area (TPSA) is 87.5 Å². The van der Waals surface area contributed by atoms with Gasteiger partial charge in [0.2, 0.25) is 0 Å². The number of rotatable bonds is 4. The van der Waals surface area contributed by atoms with Crippen LogP contribution >= 0.6 is 11.6 Å². The van der Waals surface area contributed by atoms with Crippen LogP contribution in [0.15, 0.2) is 30.3 Å². The lowest BCUT2D eigenvalue weighted by molar-refractivity contribution is -0.136. The number of urea groups is 1. The molecule has 0 bridgehead atoms. The molecule has 7 nitrogen and oxygen atoms in total. The van der Waals surface area contributed by atoms with Crippen molar-refractivity contribution in [3.8, 4) is 0 Å². The summed E-state index contributed by atoms with van der Waals surface area (Å²) in [4.78, 5) is 24.7. The molecule has 1 aliphatic heterocycles. The van der Waals surface area contributed by atoms with Crippen LogP contribution in [0.2, 0.25) is 5.02 Å². The van der Waals surface area contributed by atoms with Crippen LogP contribution in [-0.4, -0.2) is 38.3 Å². The third-order valence-electron chi connectivity index (χ3n) is 3.81. The Bertz CT molecular complexity index is 774. The third kappa shape index (κ3) is 3.86. The number of hydrogen-bond donors (Lipinski definition) is 2. The zero-order valence-electron chi connectivity index (χ0n) is 12.9. The van der Waals surface area contributed by atoms with Gasteiger partial charge in [-0.15, -0.1) is 0 Å². The number of amides is 2. The zero-order valence-corrected chi connectivity index (χ0v) is 13.7.